The van der Waals surface area contributed by atoms with Crippen molar-refractivity contribution in [1.29, 1.82) is 0 Å². The third-order valence-electron chi connectivity index (χ3n) is 3.59. The van der Waals surface area contributed by atoms with Gasteiger partial charge in [0.15, 0.2) is 17.0 Å². The predicted molar refractivity (Wildman–Crippen MR) is 75.9 cm³/mol. The molecule has 0 bridgehead atoms. The SMILES string of the molecule is O=C1c2cnc3ccccc3[n+]2C(=O)N1c1ccccc1F. The van der Waals surface area contributed by atoms with Gasteiger partial charge in [-0.1, -0.05) is 24.3 Å². The zero-order chi connectivity index (χ0) is 15.3. The van der Waals surface area contributed by atoms with Gasteiger partial charge in [-0.25, -0.2) is 14.2 Å². The molecule has 5 nitrogen and oxygen atoms in total. The van der Waals surface area contributed by atoms with Gasteiger partial charge in [0.2, 0.25) is 5.69 Å². The number of nitrogens with zero attached hydrogens (tertiary/aromatic N) is 3. The Hall–Kier alpha value is -3.15. The maximum absolute atomic E-state index is 14.0. The number of rotatable bonds is 1. The van der Waals surface area contributed by atoms with E-state index in [0.717, 1.165) is 4.90 Å². The fourth-order valence-electron chi connectivity index (χ4n) is 2.58. The van der Waals surface area contributed by atoms with Crippen molar-refractivity contribution in [3.05, 3.63) is 66.2 Å². The van der Waals surface area contributed by atoms with Crippen LogP contribution in [0.25, 0.3) is 11.0 Å². The molecule has 2 amide bonds. The van der Waals surface area contributed by atoms with Crippen molar-refractivity contribution in [3.63, 3.8) is 0 Å². The molecule has 1 aliphatic rings. The van der Waals surface area contributed by atoms with Gasteiger partial charge in [-0.2, -0.15) is 4.79 Å². The summed E-state index contributed by atoms with van der Waals surface area (Å²) in [5, 5.41) is 0. The van der Waals surface area contributed by atoms with E-state index >= 15 is 0 Å². The fraction of sp³-hybridized carbons (Fsp3) is 0. The van der Waals surface area contributed by atoms with Crippen molar-refractivity contribution < 1.29 is 18.5 Å². The number of para-hydroxylation sites is 3. The molecule has 1 aromatic heterocycles. The molecule has 22 heavy (non-hydrogen) atoms. The van der Waals surface area contributed by atoms with Gasteiger partial charge in [0.1, 0.15) is 5.52 Å². The Bertz CT molecular complexity index is 955. The highest BCUT2D eigenvalue weighted by Gasteiger charge is 2.49. The molecule has 6 heteroatoms. The second kappa shape index (κ2) is 4.42. The lowest BCUT2D eigenvalue weighted by atomic mass is 10.2. The Morgan fingerprint density at radius 2 is 1.73 bits per heavy atom. The molecule has 0 radical (unpaired) electrons. The summed E-state index contributed by atoms with van der Waals surface area (Å²) < 4.78 is 15.2. The van der Waals surface area contributed by atoms with Crippen molar-refractivity contribution in [2.75, 3.05) is 4.90 Å². The maximum Gasteiger partial charge on any atom is 0.512 e. The number of amides is 2. The number of hydrogen-bond acceptors (Lipinski definition) is 3. The largest absolute Gasteiger partial charge is 0.512 e. The molecular weight excluding hydrogens is 285 g/mol. The Balaban J connectivity index is 1.97. The fourth-order valence-corrected chi connectivity index (χ4v) is 2.58. The first-order valence-corrected chi connectivity index (χ1v) is 6.61. The average Bonchev–Trinajstić information content (AvgIpc) is 2.80. The summed E-state index contributed by atoms with van der Waals surface area (Å²) in [6.45, 7) is 0. The third-order valence-corrected chi connectivity index (χ3v) is 3.59. The molecule has 2 aromatic carbocycles. The minimum Gasteiger partial charge on any atom is -0.248 e. The lowest BCUT2D eigenvalue weighted by molar-refractivity contribution is -0.537. The summed E-state index contributed by atoms with van der Waals surface area (Å²) in [4.78, 5) is 30.1. The van der Waals surface area contributed by atoms with Crippen LogP contribution in [0, 0.1) is 5.82 Å². The van der Waals surface area contributed by atoms with E-state index in [1.54, 1.807) is 30.3 Å². The average molecular weight is 294 g/mol. The molecule has 0 saturated heterocycles. The van der Waals surface area contributed by atoms with Gasteiger partial charge in [-0.05, 0) is 24.3 Å². The molecule has 0 N–H and O–H groups in total. The van der Waals surface area contributed by atoms with Gasteiger partial charge in [0.05, 0.1) is 6.20 Å². The molecule has 2 heterocycles. The molecule has 0 spiro atoms. The molecule has 4 rings (SSSR count). The van der Waals surface area contributed by atoms with E-state index in [-0.39, 0.29) is 11.4 Å². The van der Waals surface area contributed by atoms with Gasteiger partial charge in [0.25, 0.3) is 0 Å². The number of anilines is 1. The van der Waals surface area contributed by atoms with Gasteiger partial charge >= 0.3 is 11.9 Å². The van der Waals surface area contributed by atoms with E-state index < -0.39 is 17.8 Å². The number of hydrogen-bond donors (Lipinski definition) is 0. The first-order chi connectivity index (χ1) is 10.7. The van der Waals surface area contributed by atoms with Crippen LogP contribution < -0.4 is 9.47 Å². The van der Waals surface area contributed by atoms with Gasteiger partial charge in [-0.15, -0.1) is 9.47 Å². The number of halogens is 1. The summed E-state index contributed by atoms with van der Waals surface area (Å²) in [6, 6.07) is 12.0. The summed E-state index contributed by atoms with van der Waals surface area (Å²) in [7, 11) is 0. The van der Waals surface area contributed by atoms with E-state index in [4.69, 9.17) is 0 Å². The first kappa shape index (κ1) is 12.6. The molecule has 0 aliphatic carbocycles. The lowest BCUT2D eigenvalue weighted by Gasteiger charge is -2.04. The van der Waals surface area contributed by atoms with Crippen molar-refractivity contribution in [2.24, 2.45) is 0 Å². The summed E-state index contributed by atoms with van der Waals surface area (Å²) in [5.74, 6) is -1.22. The molecule has 0 unspecified atom stereocenters. The van der Waals surface area contributed by atoms with Crippen LogP contribution in [-0.4, -0.2) is 16.9 Å². The van der Waals surface area contributed by atoms with Crippen LogP contribution in [0.5, 0.6) is 0 Å². The maximum atomic E-state index is 14.0. The third kappa shape index (κ3) is 1.57. The van der Waals surface area contributed by atoms with E-state index in [1.165, 1.54) is 29.0 Å². The van der Waals surface area contributed by atoms with Crippen LogP contribution in [0.3, 0.4) is 0 Å². The van der Waals surface area contributed by atoms with Crippen LogP contribution in [0.15, 0.2) is 54.7 Å². The Kier molecular flexibility index (Phi) is 2.53. The molecule has 3 aromatic rings. The van der Waals surface area contributed by atoms with Crippen molar-refractivity contribution in [1.82, 2.24) is 4.98 Å². The topological polar surface area (TPSA) is 54.2 Å². The highest BCUT2D eigenvalue weighted by molar-refractivity contribution is 6.21. The van der Waals surface area contributed by atoms with Crippen LogP contribution in [0.4, 0.5) is 14.9 Å². The second-order valence-corrected chi connectivity index (χ2v) is 4.84. The van der Waals surface area contributed by atoms with Crippen molar-refractivity contribution in [3.8, 4) is 0 Å². The molecular formula is C16H9FN3O2+. The van der Waals surface area contributed by atoms with Gasteiger partial charge in [0, 0.05) is 0 Å². The zero-order valence-corrected chi connectivity index (χ0v) is 11.2. The first-order valence-electron chi connectivity index (χ1n) is 6.61. The molecule has 0 atom stereocenters. The summed E-state index contributed by atoms with van der Waals surface area (Å²) in [6.07, 6.45) is 1.34. The molecule has 1 aliphatic heterocycles. The smallest absolute Gasteiger partial charge is 0.248 e. The number of aromatic nitrogens is 2. The molecule has 106 valence electrons. The molecule has 0 fully saturated rings. The van der Waals surface area contributed by atoms with Crippen LogP contribution in [0.1, 0.15) is 10.5 Å². The second-order valence-electron chi connectivity index (χ2n) is 4.84. The minimum absolute atomic E-state index is 0.0646. The number of carbonyl (C=O) groups is 2. The van der Waals surface area contributed by atoms with Crippen LogP contribution in [0.2, 0.25) is 0 Å². The summed E-state index contributed by atoms with van der Waals surface area (Å²) >= 11 is 0. The van der Waals surface area contributed by atoms with E-state index in [1.807, 2.05) is 0 Å². The van der Waals surface area contributed by atoms with Crippen LogP contribution >= 0.6 is 0 Å². The Morgan fingerprint density at radius 3 is 2.55 bits per heavy atom. The van der Waals surface area contributed by atoms with E-state index in [9.17, 15) is 14.0 Å². The highest BCUT2D eigenvalue weighted by atomic mass is 19.1. The Labute approximate surface area is 124 Å². The van der Waals surface area contributed by atoms with Crippen molar-refractivity contribution in [2.45, 2.75) is 0 Å². The number of benzene rings is 2. The Morgan fingerprint density at radius 1 is 1.00 bits per heavy atom. The molecule has 0 saturated carbocycles. The number of carbonyl (C=O) groups excluding carboxylic acids is 2. The predicted octanol–water partition coefficient (Wildman–Crippen LogP) is 2.29. The van der Waals surface area contributed by atoms with Gasteiger partial charge < -0.3 is 0 Å². The van der Waals surface area contributed by atoms with Gasteiger partial charge in [-0.3, -0.25) is 0 Å². The van der Waals surface area contributed by atoms with E-state index in [2.05, 4.69) is 4.98 Å². The zero-order valence-electron chi connectivity index (χ0n) is 11.2. The van der Waals surface area contributed by atoms with Crippen molar-refractivity contribution >= 4 is 28.7 Å². The summed E-state index contributed by atoms with van der Waals surface area (Å²) in [5.41, 5.74) is 1.15. The quantitative estimate of drug-likeness (QED) is 0.647. The lowest BCUT2D eigenvalue weighted by Crippen LogP contribution is -2.46. The van der Waals surface area contributed by atoms with E-state index in [0.29, 0.717) is 11.0 Å². The minimum atomic E-state index is -0.630. The number of imide groups is 1. The monoisotopic (exact) mass is 294 g/mol. The standard InChI is InChI=1S/C16H9FN3O2/c17-10-5-1-3-7-12(10)20-15(21)14-9-18-11-6-2-4-8-13(11)19(14)16(20)22/h1-9H/q+1. The van der Waals surface area contributed by atoms with Crippen LogP contribution in [-0.2, 0) is 0 Å². The highest BCUT2D eigenvalue weighted by Crippen LogP contribution is 2.24. The normalized spacial score (nSPS) is 13.8. The number of fused-ring (bicyclic) bond motifs is 3.